The number of thiophene rings is 1. The highest BCUT2D eigenvalue weighted by atomic mass is 35.5. The minimum absolute atomic E-state index is 0.133. The van der Waals surface area contributed by atoms with E-state index in [2.05, 4.69) is 5.32 Å². The summed E-state index contributed by atoms with van der Waals surface area (Å²) in [5.74, 6) is -0.564. The third-order valence-electron chi connectivity index (χ3n) is 3.58. The molecule has 4 nitrogen and oxygen atoms in total. The Kier molecular flexibility index (Phi) is 5.80. The zero-order chi connectivity index (χ0) is 17.0. The van der Waals surface area contributed by atoms with E-state index in [1.807, 2.05) is 26.0 Å². The molecule has 0 fully saturated rings. The molecule has 1 amide bonds. The van der Waals surface area contributed by atoms with Gasteiger partial charge in [0.1, 0.15) is 5.00 Å². The van der Waals surface area contributed by atoms with Crippen molar-refractivity contribution in [3.8, 4) is 0 Å². The number of carbonyl (C=O) groups excluding carboxylic acids is 2. The molecule has 0 saturated carbocycles. The van der Waals surface area contributed by atoms with Gasteiger partial charge in [-0.05, 0) is 43.5 Å². The number of esters is 1. The summed E-state index contributed by atoms with van der Waals surface area (Å²) >= 11 is 7.22. The Bertz CT molecular complexity index is 722. The summed E-state index contributed by atoms with van der Waals surface area (Å²) in [6, 6.07) is 7.40. The Morgan fingerprint density at radius 3 is 2.48 bits per heavy atom. The van der Waals surface area contributed by atoms with Crippen LogP contribution in [-0.2, 0) is 16.0 Å². The SMILES string of the molecule is COC(=O)c1c(NC(=O)CCc2ccc(Cl)cc2)sc(C)c1C. The normalized spacial score (nSPS) is 10.4. The fourth-order valence-electron chi connectivity index (χ4n) is 2.16. The molecule has 0 saturated heterocycles. The van der Waals surface area contributed by atoms with Gasteiger partial charge in [0, 0.05) is 16.3 Å². The van der Waals surface area contributed by atoms with Crippen molar-refractivity contribution in [1.82, 2.24) is 0 Å². The summed E-state index contributed by atoms with van der Waals surface area (Å²) < 4.78 is 4.80. The highest BCUT2D eigenvalue weighted by Gasteiger charge is 2.21. The number of benzene rings is 1. The van der Waals surface area contributed by atoms with Crippen molar-refractivity contribution in [2.24, 2.45) is 0 Å². The molecule has 0 bridgehead atoms. The van der Waals surface area contributed by atoms with Crippen LogP contribution in [-0.4, -0.2) is 19.0 Å². The maximum Gasteiger partial charge on any atom is 0.341 e. The van der Waals surface area contributed by atoms with Gasteiger partial charge in [-0.15, -0.1) is 11.3 Å². The first-order chi connectivity index (χ1) is 10.9. The Balaban J connectivity index is 2.04. The van der Waals surface area contributed by atoms with E-state index in [9.17, 15) is 9.59 Å². The number of nitrogens with one attached hydrogen (secondary N) is 1. The maximum atomic E-state index is 12.2. The van der Waals surface area contributed by atoms with Crippen LogP contribution in [0.5, 0.6) is 0 Å². The van der Waals surface area contributed by atoms with Crippen molar-refractivity contribution < 1.29 is 14.3 Å². The van der Waals surface area contributed by atoms with Crippen molar-refractivity contribution in [2.75, 3.05) is 12.4 Å². The number of rotatable bonds is 5. The van der Waals surface area contributed by atoms with Crippen LogP contribution in [0.25, 0.3) is 0 Å². The van der Waals surface area contributed by atoms with Crippen LogP contribution in [0.15, 0.2) is 24.3 Å². The second-order valence-corrected chi connectivity index (χ2v) is 6.81. The van der Waals surface area contributed by atoms with E-state index in [1.54, 1.807) is 12.1 Å². The van der Waals surface area contributed by atoms with E-state index in [0.717, 1.165) is 16.0 Å². The molecule has 1 aromatic carbocycles. The molecule has 0 atom stereocenters. The Hall–Kier alpha value is -1.85. The molecule has 122 valence electrons. The monoisotopic (exact) mass is 351 g/mol. The molecule has 0 aliphatic carbocycles. The summed E-state index contributed by atoms with van der Waals surface area (Å²) in [6.07, 6.45) is 0.943. The molecular weight excluding hydrogens is 334 g/mol. The number of hydrogen-bond acceptors (Lipinski definition) is 4. The number of halogens is 1. The summed E-state index contributed by atoms with van der Waals surface area (Å²) in [5.41, 5.74) is 2.32. The van der Waals surface area contributed by atoms with E-state index in [4.69, 9.17) is 16.3 Å². The number of aryl methyl sites for hydroxylation is 2. The Morgan fingerprint density at radius 1 is 1.22 bits per heavy atom. The number of anilines is 1. The van der Waals surface area contributed by atoms with Crippen LogP contribution >= 0.6 is 22.9 Å². The van der Waals surface area contributed by atoms with Crippen LogP contribution in [0, 0.1) is 13.8 Å². The fourth-order valence-corrected chi connectivity index (χ4v) is 3.35. The number of hydrogen-bond donors (Lipinski definition) is 1. The lowest BCUT2D eigenvalue weighted by Crippen LogP contribution is -2.14. The van der Waals surface area contributed by atoms with Gasteiger partial charge in [0.15, 0.2) is 0 Å². The smallest absolute Gasteiger partial charge is 0.341 e. The quantitative estimate of drug-likeness (QED) is 0.813. The second kappa shape index (κ2) is 7.62. The number of carbonyl (C=O) groups is 2. The average molecular weight is 352 g/mol. The average Bonchev–Trinajstić information content (AvgIpc) is 2.80. The van der Waals surface area contributed by atoms with Gasteiger partial charge in [0.25, 0.3) is 0 Å². The first-order valence-electron chi connectivity index (χ1n) is 7.15. The second-order valence-electron chi connectivity index (χ2n) is 5.15. The Labute approximate surface area is 144 Å². The van der Waals surface area contributed by atoms with Crippen LogP contribution in [0.1, 0.15) is 32.8 Å². The van der Waals surface area contributed by atoms with Gasteiger partial charge in [-0.25, -0.2) is 4.79 Å². The zero-order valence-electron chi connectivity index (χ0n) is 13.2. The van der Waals surface area contributed by atoms with Gasteiger partial charge in [-0.1, -0.05) is 23.7 Å². The number of methoxy groups -OCH3 is 1. The van der Waals surface area contributed by atoms with Crippen LogP contribution in [0.3, 0.4) is 0 Å². The highest BCUT2D eigenvalue weighted by molar-refractivity contribution is 7.16. The molecule has 6 heteroatoms. The van der Waals surface area contributed by atoms with E-state index in [0.29, 0.717) is 28.4 Å². The van der Waals surface area contributed by atoms with Crippen molar-refractivity contribution in [1.29, 1.82) is 0 Å². The molecule has 1 heterocycles. The lowest BCUT2D eigenvalue weighted by atomic mass is 10.1. The van der Waals surface area contributed by atoms with Crippen LogP contribution in [0.4, 0.5) is 5.00 Å². The largest absolute Gasteiger partial charge is 0.465 e. The summed E-state index contributed by atoms with van der Waals surface area (Å²) in [6.45, 7) is 3.76. The third-order valence-corrected chi connectivity index (χ3v) is 4.96. The van der Waals surface area contributed by atoms with Gasteiger partial charge >= 0.3 is 5.97 Å². The molecule has 0 aliphatic heterocycles. The van der Waals surface area contributed by atoms with E-state index >= 15 is 0 Å². The van der Waals surface area contributed by atoms with Crippen molar-refractivity contribution in [3.63, 3.8) is 0 Å². The lowest BCUT2D eigenvalue weighted by molar-refractivity contribution is -0.116. The summed E-state index contributed by atoms with van der Waals surface area (Å²) in [5, 5.41) is 4.04. The van der Waals surface area contributed by atoms with E-state index in [1.165, 1.54) is 18.4 Å². The molecule has 0 aliphatic rings. The standard InChI is InChI=1S/C17H18ClNO3S/c1-10-11(2)23-16(15(10)17(21)22-3)19-14(20)9-6-12-4-7-13(18)8-5-12/h4-5,7-8H,6,9H2,1-3H3,(H,19,20). The molecule has 23 heavy (non-hydrogen) atoms. The van der Waals surface area contributed by atoms with Crippen LogP contribution < -0.4 is 5.32 Å². The lowest BCUT2D eigenvalue weighted by Gasteiger charge is -2.06. The minimum atomic E-state index is -0.431. The van der Waals surface area contributed by atoms with Gasteiger partial charge < -0.3 is 10.1 Å². The first-order valence-corrected chi connectivity index (χ1v) is 8.34. The third kappa shape index (κ3) is 4.33. The van der Waals surface area contributed by atoms with Gasteiger partial charge in [-0.3, -0.25) is 4.79 Å². The van der Waals surface area contributed by atoms with Crippen LogP contribution in [0.2, 0.25) is 5.02 Å². The van der Waals surface area contributed by atoms with Gasteiger partial charge in [-0.2, -0.15) is 0 Å². The molecular formula is C17H18ClNO3S. The van der Waals surface area contributed by atoms with Crippen molar-refractivity contribution >= 4 is 39.8 Å². The molecule has 2 aromatic rings. The molecule has 0 spiro atoms. The molecule has 1 aromatic heterocycles. The van der Waals surface area contributed by atoms with E-state index in [-0.39, 0.29) is 5.91 Å². The van der Waals surface area contributed by atoms with Gasteiger partial charge in [0.05, 0.1) is 12.7 Å². The van der Waals surface area contributed by atoms with Crippen molar-refractivity contribution in [3.05, 3.63) is 50.9 Å². The molecule has 0 radical (unpaired) electrons. The maximum absolute atomic E-state index is 12.2. The first kappa shape index (κ1) is 17.5. The number of ether oxygens (including phenoxy) is 1. The molecule has 2 rings (SSSR count). The Morgan fingerprint density at radius 2 is 1.87 bits per heavy atom. The predicted octanol–water partition coefficient (Wildman–Crippen LogP) is 4.38. The fraction of sp³-hybridized carbons (Fsp3) is 0.294. The molecule has 0 unspecified atom stereocenters. The summed E-state index contributed by atoms with van der Waals surface area (Å²) in [7, 11) is 1.33. The predicted molar refractivity (Wildman–Crippen MR) is 93.5 cm³/mol. The van der Waals surface area contributed by atoms with Crippen molar-refractivity contribution in [2.45, 2.75) is 26.7 Å². The number of amides is 1. The zero-order valence-corrected chi connectivity index (χ0v) is 14.8. The highest BCUT2D eigenvalue weighted by Crippen LogP contribution is 2.33. The van der Waals surface area contributed by atoms with E-state index < -0.39 is 5.97 Å². The van der Waals surface area contributed by atoms with Gasteiger partial charge in [0.2, 0.25) is 5.91 Å². The minimum Gasteiger partial charge on any atom is -0.465 e. The topological polar surface area (TPSA) is 55.4 Å². The molecule has 1 N–H and O–H groups in total. The summed E-state index contributed by atoms with van der Waals surface area (Å²) in [4.78, 5) is 25.0.